The van der Waals surface area contributed by atoms with Gasteiger partial charge < -0.3 is 24.7 Å². The van der Waals surface area contributed by atoms with Crippen molar-refractivity contribution in [2.24, 2.45) is 0 Å². The number of hydrogen-bond acceptors (Lipinski definition) is 5. The van der Waals surface area contributed by atoms with Gasteiger partial charge in [0.2, 0.25) is 0 Å². The van der Waals surface area contributed by atoms with Crippen molar-refractivity contribution >= 4 is 39.6 Å². The number of nitrogens with one attached hydrogen (secondary N) is 2. The first kappa shape index (κ1) is 22.3. The van der Waals surface area contributed by atoms with E-state index in [-0.39, 0.29) is 5.56 Å². The second-order valence-corrected chi connectivity index (χ2v) is 8.24. The minimum Gasteiger partial charge on any atom is -0.494 e. The Morgan fingerprint density at radius 2 is 2.13 bits per heavy atom. The molecule has 2 N–H and O–H groups in total. The van der Waals surface area contributed by atoms with Crippen LogP contribution in [-0.4, -0.2) is 41.9 Å². The highest BCUT2D eigenvalue weighted by atomic mass is 32.1. The SMILES string of the molecule is CCOc1ccc2[nH]c(=O)c(CN(Cc3cccs3)C(=S)NCCCOC)cc2c1. The summed E-state index contributed by atoms with van der Waals surface area (Å²) >= 11 is 7.31. The molecule has 2 heterocycles. The van der Waals surface area contributed by atoms with Crippen molar-refractivity contribution in [2.75, 3.05) is 26.9 Å². The molecule has 8 heteroatoms. The molecule has 3 aromatic rings. The van der Waals surface area contributed by atoms with Crippen LogP contribution in [0.2, 0.25) is 0 Å². The van der Waals surface area contributed by atoms with Crippen molar-refractivity contribution < 1.29 is 9.47 Å². The molecule has 0 saturated carbocycles. The lowest BCUT2D eigenvalue weighted by atomic mass is 10.1. The van der Waals surface area contributed by atoms with E-state index in [0.29, 0.717) is 37.0 Å². The quantitative estimate of drug-likeness (QED) is 0.364. The Morgan fingerprint density at radius 3 is 2.87 bits per heavy atom. The minimum absolute atomic E-state index is 0.106. The third-order valence-corrected chi connectivity index (χ3v) is 5.84. The van der Waals surface area contributed by atoms with Gasteiger partial charge in [0.1, 0.15) is 5.75 Å². The molecular formula is C22H27N3O3S2. The highest BCUT2D eigenvalue weighted by Gasteiger charge is 2.14. The van der Waals surface area contributed by atoms with Crippen molar-refractivity contribution in [1.29, 1.82) is 0 Å². The second-order valence-electron chi connectivity index (χ2n) is 6.82. The molecular weight excluding hydrogens is 418 g/mol. The minimum atomic E-state index is -0.106. The van der Waals surface area contributed by atoms with E-state index >= 15 is 0 Å². The molecule has 160 valence electrons. The van der Waals surface area contributed by atoms with E-state index in [1.54, 1.807) is 18.4 Å². The van der Waals surface area contributed by atoms with E-state index in [2.05, 4.69) is 16.4 Å². The number of benzene rings is 1. The van der Waals surface area contributed by atoms with Gasteiger partial charge in [-0.05, 0) is 61.3 Å². The van der Waals surface area contributed by atoms with E-state index in [0.717, 1.165) is 29.6 Å². The molecule has 0 amide bonds. The molecule has 2 aromatic heterocycles. The molecule has 0 bridgehead atoms. The van der Waals surface area contributed by atoms with Crippen LogP contribution < -0.4 is 15.6 Å². The Hall–Kier alpha value is -2.42. The van der Waals surface area contributed by atoms with Gasteiger partial charge in [0.25, 0.3) is 5.56 Å². The Balaban J connectivity index is 1.82. The number of fused-ring (bicyclic) bond motifs is 1. The van der Waals surface area contributed by atoms with Crippen LogP contribution in [0.3, 0.4) is 0 Å². The van der Waals surface area contributed by atoms with Crippen LogP contribution in [0.25, 0.3) is 10.9 Å². The fourth-order valence-electron chi connectivity index (χ4n) is 3.12. The number of thiophene rings is 1. The van der Waals surface area contributed by atoms with Crippen molar-refractivity contribution in [3.63, 3.8) is 0 Å². The zero-order valence-corrected chi connectivity index (χ0v) is 18.9. The lowest BCUT2D eigenvalue weighted by Gasteiger charge is -2.25. The summed E-state index contributed by atoms with van der Waals surface area (Å²) in [7, 11) is 1.68. The summed E-state index contributed by atoms with van der Waals surface area (Å²) in [4.78, 5) is 18.9. The third kappa shape index (κ3) is 6.04. The van der Waals surface area contributed by atoms with Gasteiger partial charge in [0.15, 0.2) is 5.11 Å². The number of H-pyrrole nitrogens is 1. The van der Waals surface area contributed by atoms with Gasteiger partial charge in [-0.3, -0.25) is 4.79 Å². The fourth-order valence-corrected chi connectivity index (χ4v) is 4.07. The number of aromatic nitrogens is 1. The molecule has 3 rings (SSSR count). The van der Waals surface area contributed by atoms with E-state index in [4.69, 9.17) is 21.7 Å². The van der Waals surface area contributed by atoms with Crippen LogP contribution in [0.4, 0.5) is 0 Å². The van der Waals surface area contributed by atoms with Crippen LogP contribution in [0.1, 0.15) is 23.8 Å². The van der Waals surface area contributed by atoms with E-state index in [1.165, 1.54) is 4.88 Å². The first-order valence-electron chi connectivity index (χ1n) is 9.93. The average Bonchev–Trinajstić information content (AvgIpc) is 3.24. The van der Waals surface area contributed by atoms with Gasteiger partial charge >= 0.3 is 0 Å². The third-order valence-electron chi connectivity index (χ3n) is 4.58. The average molecular weight is 446 g/mol. The van der Waals surface area contributed by atoms with Crippen LogP contribution in [0.15, 0.2) is 46.6 Å². The van der Waals surface area contributed by atoms with Crippen LogP contribution >= 0.6 is 23.6 Å². The summed E-state index contributed by atoms with van der Waals surface area (Å²) < 4.78 is 10.7. The summed E-state index contributed by atoms with van der Waals surface area (Å²) in [6.45, 7) is 5.00. The van der Waals surface area contributed by atoms with Crippen molar-refractivity contribution in [3.05, 3.63) is 62.6 Å². The molecule has 0 atom stereocenters. The van der Waals surface area contributed by atoms with E-state index < -0.39 is 0 Å². The Bertz CT molecular complexity index is 1020. The second kappa shape index (κ2) is 11.1. The lowest BCUT2D eigenvalue weighted by Crippen LogP contribution is -2.40. The molecule has 0 aliphatic heterocycles. The molecule has 0 aliphatic rings. The Kier molecular flexibility index (Phi) is 8.24. The zero-order valence-electron chi connectivity index (χ0n) is 17.3. The molecule has 6 nitrogen and oxygen atoms in total. The molecule has 30 heavy (non-hydrogen) atoms. The number of methoxy groups -OCH3 is 1. The van der Waals surface area contributed by atoms with Crippen molar-refractivity contribution in [3.8, 4) is 5.75 Å². The summed E-state index contributed by atoms with van der Waals surface area (Å²) in [5, 5.41) is 6.89. The lowest BCUT2D eigenvalue weighted by molar-refractivity contribution is 0.195. The zero-order chi connectivity index (χ0) is 21.3. The molecule has 0 aliphatic carbocycles. The number of nitrogens with zero attached hydrogens (tertiary/aromatic N) is 1. The van der Waals surface area contributed by atoms with Gasteiger partial charge in [-0.25, -0.2) is 0 Å². The molecule has 0 unspecified atom stereocenters. The van der Waals surface area contributed by atoms with Gasteiger partial charge in [-0.2, -0.15) is 0 Å². The topological polar surface area (TPSA) is 66.6 Å². The fraction of sp³-hybridized carbons (Fsp3) is 0.364. The molecule has 1 aromatic carbocycles. The van der Waals surface area contributed by atoms with Crippen LogP contribution in [-0.2, 0) is 17.8 Å². The Morgan fingerprint density at radius 1 is 1.27 bits per heavy atom. The predicted octanol–water partition coefficient (Wildman–Crippen LogP) is 3.90. The van der Waals surface area contributed by atoms with E-state index in [1.807, 2.05) is 47.5 Å². The number of pyridine rings is 1. The number of ether oxygens (including phenoxy) is 2. The first-order valence-corrected chi connectivity index (χ1v) is 11.2. The Labute approximate surface area is 185 Å². The number of rotatable bonds is 10. The van der Waals surface area contributed by atoms with Crippen LogP contribution in [0.5, 0.6) is 5.75 Å². The summed E-state index contributed by atoms with van der Waals surface area (Å²) in [6.07, 6.45) is 0.861. The number of hydrogen-bond donors (Lipinski definition) is 2. The largest absolute Gasteiger partial charge is 0.494 e. The summed E-state index contributed by atoms with van der Waals surface area (Å²) in [6, 6.07) is 11.7. The van der Waals surface area contributed by atoms with Gasteiger partial charge in [0, 0.05) is 41.6 Å². The maximum atomic E-state index is 12.7. The monoisotopic (exact) mass is 445 g/mol. The van der Waals surface area contributed by atoms with Crippen LogP contribution in [0, 0.1) is 0 Å². The smallest absolute Gasteiger partial charge is 0.253 e. The first-order chi connectivity index (χ1) is 14.6. The highest BCUT2D eigenvalue weighted by Crippen LogP contribution is 2.20. The predicted molar refractivity (Wildman–Crippen MR) is 126 cm³/mol. The maximum absolute atomic E-state index is 12.7. The van der Waals surface area contributed by atoms with Crippen molar-refractivity contribution in [2.45, 2.75) is 26.4 Å². The number of aromatic amines is 1. The summed E-state index contributed by atoms with van der Waals surface area (Å²) in [5.74, 6) is 0.786. The summed E-state index contributed by atoms with van der Waals surface area (Å²) in [5.41, 5.74) is 1.34. The highest BCUT2D eigenvalue weighted by molar-refractivity contribution is 7.80. The van der Waals surface area contributed by atoms with Gasteiger partial charge in [-0.1, -0.05) is 6.07 Å². The van der Waals surface area contributed by atoms with Crippen molar-refractivity contribution in [1.82, 2.24) is 15.2 Å². The number of thiocarbonyl (C=S) groups is 1. The van der Waals surface area contributed by atoms with Gasteiger partial charge in [0.05, 0.1) is 19.7 Å². The van der Waals surface area contributed by atoms with E-state index in [9.17, 15) is 4.79 Å². The molecule has 0 fully saturated rings. The molecule has 0 saturated heterocycles. The maximum Gasteiger partial charge on any atom is 0.253 e. The molecule has 0 spiro atoms. The standard InChI is InChI=1S/C22H27N3O3S2/c1-3-28-18-7-8-20-16(13-18)12-17(21(26)24-20)14-25(15-19-6-4-11-30-19)22(29)23-9-5-10-27-2/h4,6-8,11-13H,3,5,9-10,14-15H2,1-2H3,(H,23,29)(H,24,26). The normalized spacial score (nSPS) is 10.9. The molecule has 0 radical (unpaired) electrons. The van der Waals surface area contributed by atoms with Gasteiger partial charge in [-0.15, -0.1) is 11.3 Å².